The van der Waals surface area contributed by atoms with Crippen molar-refractivity contribution >= 4 is 11.8 Å². The maximum absolute atomic E-state index is 12.4. The molecule has 0 spiro atoms. The van der Waals surface area contributed by atoms with Gasteiger partial charge in [0.2, 0.25) is 11.8 Å². The molecule has 2 rings (SSSR count). The Morgan fingerprint density at radius 3 is 2.29 bits per heavy atom. The van der Waals surface area contributed by atoms with Crippen LogP contribution in [0, 0.1) is 5.92 Å². The number of nitrogens with zero attached hydrogens (tertiary/aromatic N) is 1. The van der Waals surface area contributed by atoms with Crippen molar-refractivity contribution in [2.24, 2.45) is 5.92 Å². The molecule has 5 nitrogen and oxygen atoms in total. The zero-order valence-corrected chi connectivity index (χ0v) is 14.0. The van der Waals surface area contributed by atoms with E-state index in [-0.39, 0.29) is 24.2 Å². The third kappa shape index (κ3) is 5.50. The Hall–Kier alpha value is -2.69. The highest BCUT2D eigenvalue weighted by Crippen LogP contribution is 2.05. The summed E-state index contributed by atoms with van der Waals surface area (Å²) < 4.78 is 0. The zero-order chi connectivity index (χ0) is 17.4. The summed E-state index contributed by atoms with van der Waals surface area (Å²) in [7, 11) is 0. The third-order valence-corrected chi connectivity index (χ3v) is 3.69. The number of carbonyl (C=O) groups is 2. The highest BCUT2D eigenvalue weighted by molar-refractivity contribution is 5.88. The molecule has 5 heteroatoms. The molecule has 2 amide bonds. The van der Waals surface area contributed by atoms with Crippen LogP contribution in [0.5, 0.6) is 0 Å². The molecule has 1 aromatic heterocycles. The van der Waals surface area contributed by atoms with Crippen LogP contribution < -0.4 is 10.6 Å². The highest BCUT2D eigenvalue weighted by atomic mass is 16.2. The van der Waals surface area contributed by atoms with Crippen molar-refractivity contribution in [3.8, 4) is 0 Å². The third-order valence-electron chi connectivity index (χ3n) is 3.69. The van der Waals surface area contributed by atoms with Crippen molar-refractivity contribution in [1.29, 1.82) is 0 Å². The molecule has 1 aromatic carbocycles. The SMILES string of the molecule is CC(C)[C@H](NC(=O)Cc1ccccc1)C(=O)NCc1ccncc1. The lowest BCUT2D eigenvalue weighted by atomic mass is 10.0. The van der Waals surface area contributed by atoms with E-state index in [0.717, 1.165) is 11.1 Å². The highest BCUT2D eigenvalue weighted by Gasteiger charge is 2.23. The largest absolute Gasteiger partial charge is 0.350 e. The van der Waals surface area contributed by atoms with E-state index in [4.69, 9.17) is 0 Å². The summed E-state index contributed by atoms with van der Waals surface area (Å²) in [5.41, 5.74) is 1.89. The van der Waals surface area contributed by atoms with E-state index >= 15 is 0 Å². The molecule has 24 heavy (non-hydrogen) atoms. The van der Waals surface area contributed by atoms with Gasteiger partial charge in [-0.15, -0.1) is 0 Å². The number of amides is 2. The summed E-state index contributed by atoms with van der Waals surface area (Å²) in [5, 5.41) is 5.71. The minimum Gasteiger partial charge on any atom is -0.350 e. The van der Waals surface area contributed by atoms with Gasteiger partial charge in [0.1, 0.15) is 6.04 Å². The molecule has 0 fully saturated rings. The van der Waals surface area contributed by atoms with E-state index in [2.05, 4.69) is 15.6 Å². The van der Waals surface area contributed by atoms with Crippen LogP contribution in [0.4, 0.5) is 0 Å². The van der Waals surface area contributed by atoms with Crippen molar-refractivity contribution in [2.45, 2.75) is 32.9 Å². The fourth-order valence-electron chi connectivity index (χ4n) is 2.34. The summed E-state index contributed by atoms with van der Waals surface area (Å²) in [6, 6.07) is 12.6. The number of nitrogens with one attached hydrogen (secondary N) is 2. The molecule has 0 saturated carbocycles. The van der Waals surface area contributed by atoms with E-state index < -0.39 is 6.04 Å². The Bertz CT molecular complexity index is 657. The van der Waals surface area contributed by atoms with Gasteiger partial charge in [0.05, 0.1) is 6.42 Å². The summed E-state index contributed by atoms with van der Waals surface area (Å²) in [6.07, 6.45) is 3.63. The lowest BCUT2D eigenvalue weighted by molar-refractivity contribution is -0.129. The number of carbonyl (C=O) groups excluding carboxylic acids is 2. The molecule has 0 bridgehead atoms. The molecular formula is C19H23N3O2. The zero-order valence-electron chi connectivity index (χ0n) is 14.0. The van der Waals surface area contributed by atoms with Gasteiger partial charge in [-0.3, -0.25) is 14.6 Å². The van der Waals surface area contributed by atoms with Gasteiger partial charge in [-0.1, -0.05) is 44.2 Å². The van der Waals surface area contributed by atoms with Crippen LogP contribution in [-0.2, 0) is 22.6 Å². The van der Waals surface area contributed by atoms with Gasteiger partial charge in [0, 0.05) is 18.9 Å². The molecule has 2 aromatic rings. The van der Waals surface area contributed by atoms with E-state index in [1.807, 2.05) is 56.3 Å². The number of aromatic nitrogens is 1. The van der Waals surface area contributed by atoms with E-state index in [0.29, 0.717) is 6.54 Å². The van der Waals surface area contributed by atoms with Crippen molar-refractivity contribution in [3.63, 3.8) is 0 Å². The molecule has 2 N–H and O–H groups in total. The van der Waals surface area contributed by atoms with E-state index in [1.165, 1.54) is 0 Å². The quantitative estimate of drug-likeness (QED) is 0.819. The van der Waals surface area contributed by atoms with Crippen LogP contribution >= 0.6 is 0 Å². The second kappa shape index (κ2) is 8.82. The van der Waals surface area contributed by atoms with Gasteiger partial charge in [0.15, 0.2) is 0 Å². The van der Waals surface area contributed by atoms with Crippen molar-refractivity contribution in [2.75, 3.05) is 0 Å². The van der Waals surface area contributed by atoms with Crippen LogP contribution in [0.3, 0.4) is 0 Å². The molecule has 1 atom stereocenters. The van der Waals surface area contributed by atoms with Crippen LogP contribution in [0.25, 0.3) is 0 Å². The van der Waals surface area contributed by atoms with Crippen LogP contribution in [0.15, 0.2) is 54.9 Å². The molecular weight excluding hydrogens is 302 g/mol. The Morgan fingerprint density at radius 2 is 1.67 bits per heavy atom. The molecule has 1 heterocycles. The minimum atomic E-state index is -0.553. The Labute approximate surface area is 142 Å². The van der Waals surface area contributed by atoms with E-state index in [9.17, 15) is 9.59 Å². The van der Waals surface area contributed by atoms with Gasteiger partial charge < -0.3 is 10.6 Å². The molecule has 0 aliphatic carbocycles. The minimum absolute atomic E-state index is 0.00200. The topological polar surface area (TPSA) is 71.1 Å². The predicted octanol–water partition coefficient (Wildman–Crippen LogP) is 2.08. The van der Waals surface area contributed by atoms with E-state index in [1.54, 1.807) is 12.4 Å². The van der Waals surface area contributed by atoms with Crippen molar-refractivity contribution in [3.05, 3.63) is 66.0 Å². The second-order valence-corrected chi connectivity index (χ2v) is 6.02. The summed E-state index contributed by atoms with van der Waals surface area (Å²) in [6.45, 7) is 4.25. The van der Waals surface area contributed by atoms with Crippen molar-refractivity contribution < 1.29 is 9.59 Å². The fraction of sp³-hybridized carbons (Fsp3) is 0.316. The predicted molar refractivity (Wildman–Crippen MR) is 93.0 cm³/mol. The number of benzene rings is 1. The summed E-state index contributed by atoms with van der Waals surface area (Å²) in [4.78, 5) is 28.6. The lowest BCUT2D eigenvalue weighted by Gasteiger charge is -2.22. The van der Waals surface area contributed by atoms with Crippen LogP contribution in [0.2, 0.25) is 0 Å². The number of hydrogen-bond acceptors (Lipinski definition) is 3. The first-order valence-corrected chi connectivity index (χ1v) is 8.06. The number of pyridine rings is 1. The fourth-order valence-corrected chi connectivity index (χ4v) is 2.34. The van der Waals surface area contributed by atoms with Gasteiger partial charge in [-0.05, 0) is 29.2 Å². The normalized spacial score (nSPS) is 11.8. The Balaban J connectivity index is 1.90. The molecule has 0 saturated heterocycles. The first kappa shape index (κ1) is 17.7. The van der Waals surface area contributed by atoms with Crippen LogP contribution in [0.1, 0.15) is 25.0 Å². The maximum atomic E-state index is 12.4. The molecule has 0 aliphatic rings. The first-order chi connectivity index (χ1) is 11.6. The monoisotopic (exact) mass is 325 g/mol. The maximum Gasteiger partial charge on any atom is 0.243 e. The number of hydrogen-bond donors (Lipinski definition) is 2. The average molecular weight is 325 g/mol. The number of rotatable bonds is 7. The standard InChI is InChI=1S/C19H23N3O2/c1-14(2)18(19(24)21-13-16-8-10-20-11-9-16)22-17(23)12-15-6-4-3-5-7-15/h3-11,14,18H,12-13H2,1-2H3,(H,21,24)(H,22,23)/t18-/m0/s1. The van der Waals surface area contributed by atoms with Crippen LogP contribution in [-0.4, -0.2) is 22.8 Å². The Morgan fingerprint density at radius 1 is 1.00 bits per heavy atom. The molecule has 0 aliphatic heterocycles. The van der Waals surface area contributed by atoms with Gasteiger partial charge in [0.25, 0.3) is 0 Å². The first-order valence-electron chi connectivity index (χ1n) is 8.06. The van der Waals surface area contributed by atoms with Crippen molar-refractivity contribution in [1.82, 2.24) is 15.6 Å². The summed E-state index contributed by atoms with van der Waals surface area (Å²) >= 11 is 0. The average Bonchev–Trinajstić information content (AvgIpc) is 2.59. The molecule has 0 radical (unpaired) electrons. The van der Waals surface area contributed by atoms with Gasteiger partial charge >= 0.3 is 0 Å². The Kier molecular flexibility index (Phi) is 6.49. The van der Waals surface area contributed by atoms with Gasteiger partial charge in [-0.2, -0.15) is 0 Å². The summed E-state index contributed by atoms with van der Waals surface area (Å²) in [5.74, 6) is -0.329. The smallest absolute Gasteiger partial charge is 0.243 e. The molecule has 0 unspecified atom stereocenters. The second-order valence-electron chi connectivity index (χ2n) is 6.02. The molecule has 126 valence electrons. The van der Waals surface area contributed by atoms with Gasteiger partial charge in [-0.25, -0.2) is 0 Å². The lowest BCUT2D eigenvalue weighted by Crippen LogP contribution is -2.49.